The molecule has 0 aliphatic heterocycles. The van der Waals surface area contributed by atoms with E-state index in [1.54, 1.807) is 14.0 Å². The molecule has 4 nitrogen and oxygen atoms in total. The second-order valence-corrected chi connectivity index (χ2v) is 4.62. The summed E-state index contributed by atoms with van der Waals surface area (Å²) in [6, 6.07) is 7.58. The highest BCUT2D eigenvalue weighted by molar-refractivity contribution is 7.17. The van der Waals surface area contributed by atoms with Crippen molar-refractivity contribution in [2.75, 3.05) is 14.2 Å². The SMILES string of the molecule is COC(=O)c1sc(-c2ccccc2OC)nc1C. The summed E-state index contributed by atoms with van der Waals surface area (Å²) in [5, 5.41) is 0.755. The van der Waals surface area contributed by atoms with Gasteiger partial charge >= 0.3 is 5.97 Å². The maximum absolute atomic E-state index is 11.6. The first kappa shape index (κ1) is 12.6. The largest absolute Gasteiger partial charge is 0.496 e. The van der Waals surface area contributed by atoms with E-state index in [-0.39, 0.29) is 5.97 Å². The lowest BCUT2D eigenvalue weighted by molar-refractivity contribution is 0.0605. The molecular weight excluding hydrogens is 250 g/mol. The summed E-state index contributed by atoms with van der Waals surface area (Å²) in [7, 11) is 2.98. The van der Waals surface area contributed by atoms with Crippen molar-refractivity contribution in [2.45, 2.75) is 6.92 Å². The van der Waals surface area contributed by atoms with Gasteiger partial charge in [0.2, 0.25) is 0 Å². The number of hydrogen-bond acceptors (Lipinski definition) is 5. The van der Waals surface area contributed by atoms with Crippen molar-refractivity contribution >= 4 is 17.3 Å². The topological polar surface area (TPSA) is 48.4 Å². The Bertz CT molecular complexity index is 577. The van der Waals surface area contributed by atoms with E-state index in [0.717, 1.165) is 16.3 Å². The van der Waals surface area contributed by atoms with Crippen LogP contribution in [0.15, 0.2) is 24.3 Å². The summed E-state index contributed by atoms with van der Waals surface area (Å²) in [5.74, 6) is 0.383. The smallest absolute Gasteiger partial charge is 0.349 e. The van der Waals surface area contributed by atoms with E-state index in [2.05, 4.69) is 4.98 Å². The van der Waals surface area contributed by atoms with Gasteiger partial charge in [-0.15, -0.1) is 11.3 Å². The normalized spacial score (nSPS) is 10.2. The summed E-state index contributed by atoms with van der Waals surface area (Å²) in [4.78, 5) is 16.5. The van der Waals surface area contributed by atoms with Gasteiger partial charge in [-0.2, -0.15) is 0 Å². The van der Waals surface area contributed by atoms with E-state index in [1.165, 1.54) is 18.4 Å². The molecule has 0 amide bonds. The third-order valence-corrected chi connectivity index (χ3v) is 3.68. The summed E-state index contributed by atoms with van der Waals surface area (Å²) in [6.45, 7) is 1.79. The molecule has 1 heterocycles. The second kappa shape index (κ2) is 5.18. The Hall–Kier alpha value is -1.88. The van der Waals surface area contributed by atoms with Gasteiger partial charge < -0.3 is 9.47 Å². The van der Waals surface area contributed by atoms with Crippen LogP contribution in [0.2, 0.25) is 0 Å². The van der Waals surface area contributed by atoms with Crippen LogP contribution in [0.1, 0.15) is 15.4 Å². The summed E-state index contributed by atoms with van der Waals surface area (Å²) in [6.07, 6.45) is 0. The molecule has 2 rings (SSSR count). The van der Waals surface area contributed by atoms with E-state index in [4.69, 9.17) is 9.47 Å². The van der Waals surface area contributed by atoms with Crippen LogP contribution in [0.5, 0.6) is 5.75 Å². The Morgan fingerprint density at radius 3 is 2.67 bits per heavy atom. The first-order valence-corrected chi connectivity index (χ1v) is 6.18. The lowest BCUT2D eigenvalue weighted by atomic mass is 10.2. The van der Waals surface area contributed by atoms with Crippen LogP contribution in [0.4, 0.5) is 0 Å². The van der Waals surface area contributed by atoms with Crippen molar-refractivity contribution in [1.82, 2.24) is 4.98 Å². The minimum Gasteiger partial charge on any atom is -0.496 e. The summed E-state index contributed by atoms with van der Waals surface area (Å²) in [5.41, 5.74) is 1.55. The number of esters is 1. The minimum absolute atomic E-state index is 0.355. The molecule has 1 aromatic heterocycles. The number of thiazole rings is 1. The maximum Gasteiger partial charge on any atom is 0.349 e. The Balaban J connectivity index is 2.49. The van der Waals surface area contributed by atoms with E-state index in [1.807, 2.05) is 24.3 Å². The summed E-state index contributed by atoms with van der Waals surface area (Å²) >= 11 is 1.31. The molecule has 0 aliphatic carbocycles. The fourth-order valence-electron chi connectivity index (χ4n) is 1.62. The molecule has 0 radical (unpaired) electrons. The molecule has 0 saturated carbocycles. The zero-order chi connectivity index (χ0) is 13.1. The number of aryl methyl sites for hydroxylation is 1. The number of nitrogens with zero attached hydrogens (tertiary/aromatic N) is 1. The van der Waals surface area contributed by atoms with E-state index in [0.29, 0.717) is 10.6 Å². The fraction of sp³-hybridized carbons (Fsp3) is 0.231. The molecule has 94 valence electrons. The van der Waals surface area contributed by atoms with Gasteiger partial charge in [0.1, 0.15) is 15.6 Å². The Labute approximate surface area is 109 Å². The Morgan fingerprint density at radius 1 is 1.28 bits per heavy atom. The van der Waals surface area contributed by atoms with Gasteiger partial charge in [-0.05, 0) is 19.1 Å². The molecule has 2 aromatic rings. The van der Waals surface area contributed by atoms with Crippen LogP contribution in [0.3, 0.4) is 0 Å². The van der Waals surface area contributed by atoms with Crippen LogP contribution in [-0.2, 0) is 4.74 Å². The molecule has 0 N–H and O–H groups in total. The van der Waals surface area contributed by atoms with Gasteiger partial charge in [0.15, 0.2) is 0 Å². The van der Waals surface area contributed by atoms with Gasteiger partial charge in [-0.25, -0.2) is 9.78 Å². The molecule has 0 fully saturated rings. The van der Waals surface area contributed by atoms with Crippen molar-refractivity contribution in [1.29, 1.82) is 0 Å². The monoisotopic (exact) mass is 263 g/mol. The number of benzene rings is 1. The first-order chi connectivity index (χ1) is 8.67. The number of hydrogen-bond donors (Lipinski definition) is 0. The molecule has 0 atom stereocenters. The molecule has 0 saturated heterocycles. The van der Waals surface area contributed by atoms with Gasteiger partial charge in [0.25, 0.3) is 0 Å². The van der Waals surface area contributed by atoms with Crippen LogP contribution in [-0.4, -0.2) is 25.2 Å². The first-order valence-electron chi connectivity index (χ1n) is 5.36. The van der Waals surface area contributed by atoms with E-state index < -0.39 is 0 Å². The molecule has 18 heavy (non-hydrogen) atoms. The van der Waals surface area contributed by atoms with E-state index in [9.17, 15) is 4.79 Å². The molecular formula is C13H13NO3S. The highest BCUT2D eigenvalue weighted by Crippen LogP contribution is 2.34. The van der Waals surface area contributed by atoms with Crippen LogP contribution < -0.4 is 4.74 Å². The number of carbonyl (C=O) groups is 1. The molecule has 0 unspecified atom stereocenters. The zero-order valence-electron chi connectivity index (χ0n) is 10.4. The van der Waals surface area contributed by atoms with Crippen molar-refractivity contribution in [3.05, 3.63) is 34.8 Å². The number of ether oxygens (including phenoxy) is 2. The molecule has 1 aromatic carbocycles. The summed E-state index contributed by atoms with van der Waals surface area (Å²) < 4.78 is 10.0. The lowest BCUT2D eigenvalue weighted by Crippen LogP contribution is -1.99. The average Bonchev–Trinajstić information content (AvgIpc) is 2.79. The molecule has 0 aliphatic rings. The zero-order valence-corrected chi connectivity index (χ0v) is 11.2. The lowest BCUT2D eigenvalue weighted by Gasteiger charge is -2.04. The number of rotatable bonds is 3. The van der Waals surface area contributed by atoms with Gasteiger partial charge in [-0.1, -0.05) is 12.1 Å². The van der Waals surface area contributed by atoms with Crippen LogP contribution in [0.25, 0.3) is 10.6 Å². The average molecular weight is 263 g/mol. The molecule has 5 heteroatoms. The van der Waals surface area contributed by atoms with Crippen molar-refractivity contribution < 1.29 is 14.3 Å². The van der Waals surface area contributed by atoms with Crippen molar-refractivity contribution in [3.63, 3.8) is 0 Å². The van der Waals surface area contributed by atoms with Gasteiger partial charge in [-0.3, -0.25) is 0 Å². The van der Waals surface area contributed by atoms with Crippen molar-refractivity contribution in [3.8, 4) is 16.3 Å². The van der Waals surface area contributed by atoms with Gasteiger partial charge in [0.05, 0.1) is 25.5 Å². The minimum atomic E-state index is -0.355. The van der Waals surface area contributed by atoms with Gasteiger partial charge in [0, 0.05) is 0 Å². The Kier molecular flexibility index (Phi) is 3.62. The van der Waals surface area contributed by atoms with E-state index >= 15 is 0 Å². The second-order valence-electron chi connectivity index (χ2n) is 3.63. The van der Waals surface area contributed by atoms with Crippen molar-refractivity contribution in [2.24, 2.45) is 0 Å². The standard InChI is InChI=1S/C13H13NO3S/c1-8-11(13(15)17-3)18-12(14-8)9-6-4-5-7-10(9)16-2/h4-7H,1-3H3. The Morgan fingerprint density at radius 2 is 2.00 bits per heavy atom. The van der Waals surface area contributed by atoms with Crippen LogP contribution >= 0.6 is 11.3 Å². The predicted octanol–water partition coefficient (Wildman–Crippen LogP) is 2.91. The molecule has 0 spiro atoms. The van der Waals surface area contributed by atoms with Crippen LogP contribution in [0, 0.1) is 6.92 Å². The number of methoxy groups -OCH3 is 2. The third-order valence-electron chi connectivity index (χ3n) is 2.50. The fourth-order valence-corrected chi connectivity index (χ4v) is 2.63. The number of para-hydroxylation sites is 1. The molecule has 0 bridgehead atoms. The highest BCUT2D eigenvalue weighted by atomic mass is 32.1. The quantitative estimate of drug-likeness (QED) is 0.799. The third kappa shape index (κ3) is 2.22. The highest BCUT2D eigenvalue weighted by Gasteiger charge is 2.18. The number of aromatic nitrogens is 1. The number of carbonyl (C=O) groups excluding carboxylic acids is 1. The predicted molar refractivity (Wildman–Crippen MR) is 70.2 cm³/mol. The maximum atomic E-state index is 11.6.